The minimum atomic E-state index is 0.105. The van der Waals surface area contributed by atoms with Gasteiger partial charge in [0, 0.05) is 18.5 Å². The summed E-state index contributed by atoms with van der Waals surface area (Å²) in [7, 11) is 0. The third-order valence-electron chi connectivity index (χ3n) is 5.75. The summed E-state index contributed by atoms with van der Waals surface area (Å²) in [4.78, 5) is 16.7. The molecule has 0 saturated carbocycles. The number of amides is 1. The molecule has 4 aromatic rings. The number of hydrogen-bond acceptors (Lipinski definition) is 2. The summed E-state index contributed by atoms with van der Waals surface area (Å²) in [5.74, 6) is 0.126. The summed E-state index contributed by atoms with van der Waals surface area (Å²) < 4.78 is 2.22. The standard InChI is InChI=1S/C24H22N2OS/c1-17(18-7-3-2-4-8-18)26-22(15-20-12-14-28-24(20)26)23(27)25-13-11-19-9-5-6-10-21(19)16-25/h2-10,12,14-15,17H,11,13,16H2,1H3/t17-/m1/s1. The minimum Gasteiger partial charge on any atom is -0.333 e. The molecule has 4 heteroatoms. The van der Waals surface area contributed by atoms with Crippen molar-refractivity contribution >= 4 is 27.5 Å². The third-order valence-corrected chi connectivity index (χ3v) is 6.68. The lowest BCUT2D eigenvalue weighted by Crippen LogP contribution is -2.37. The van der Waals surface area contributed by atoms with Crippen molar-refractivity contribution in [1.29, 1.82) is 0 Å². The van der Waals surface area contributed by atoms with Crippen molar-refractivity contribution in [1.82, 2.24) is 9.47 Å². The molecule has 0 radical (unpaired) electrons. The van der Waals surface area contributed by atoms with Crippen LogP contribution in [0, 0.1) is 0 Å². The molecule has 5 rings (SSSR count). The largest absolute Gasteiger partial charge is 0.333 e. The number of fused-ring (bicyclic) bond motifs is 2. The maximum atomic E-state index is 13.5. The van der Waals surface area contributed by atoms with Crippen LogP contribution in [0.5, 0.6) is 0 Å². The van der Waals surface area contributed by atoms with Gasteiger partial charge < -0.3 is 9.47 Å². The molecule has 140 valence electrons. The molecule has 0 fully saturated rings. The fourth-order valence-electron chi connectivity index (χ4n) is 4.20. The highest BCUT2D eigenvalue weighted by molar-refractivity contribution is 7.16. The number of nitrogens with zero attached hydrogens (tertiary/aromatic N) is 2. The Kier molecular flexibility index (Phi) is 4.29. The highest BCUT2D eigenvalue weighted by atomic mass is 32.1. The minimum absolute atomic E-state index is 0.105. The van der Waals surface area contributed by atoms with Crippen LogP contribution in [-0.2, 0) is 13.0 Å². The highest BCUT2D eigenvalue weighted by Gasteiger charge is 2.27. The Morgan fingerprint density at radius 3 is 2.57 bits per heavy atom. The summed E-state index contributed by atoms with van der Waals surface area (Å²) >= 11 is 1.70. The second-order valence-electron chi connectivity index (χ2n) is 7.41. The van der Waals surface area contributed by atoms with E-state index in [0.29, 0.717) is 6.54 Å². The highest BCUT2D eigenvalue weighted by Crippen LogP contribution is 2.33. The van der Waals surface area contributed by atoms with Crippen LogP contribution in [0.25, 0.3) is 10.2 Å². The molecule has 2 aromatic heterocycles. The first kappa shape index (κ1) is 17.3. The van der Waals surface area contributed by atoms with Gasteiger partial charge in [0.1, 0.15) is 10.5 Å². The van der Waals surface area contributed by atoms with Crippen LogP contribution in [-0.4, -0.2) is 21.9 Å². The van der Waals surface area contributed by atoms with Crippen molar-refractivity contribution in [2.75, 3.05) is 6.54 Å². The lowest BCUT2D eigenvalue weighted by atomic mass is 9.99. The first-order chi connectivity index (χ1) is 13.7. The molecule has 3 heterocycles. The van der Waals surface area contributed by atoms with Gasteiger partial charge in [-0.1, -0.05) is 54.6 Å². The van der Waals surface area contributed by atoms with Crippen LogP contribution in [0.3, 0.4) is 0 Å². The Bertz CT molecular complexity index is 1140. The predicted molar refractivity (Wildman–Crippen MR) is 115 cm³/mol. The molecule has 1 aliphatic heterocycles. The number of rotatable bonds is 3. The molecular weight excluding hydrogens is 364 g/mol. The zero-order valence-corrected chi connectivity index (χ0v) is 16.7. The van der Waals surface area contributed by atoms with E-state index in [0.717, 1.165) is 28.9 Å². The van der Waals surface area contributed by atoms with E-state index in [9.17, 15) is 4.79 Å². The zero-order valence-electron chi connectivity index (χ0n) is 15.8. The van der Waals surface area contributed by atoms with Gasteiger partial charge in [-0.05, 0) is 47.5 Å². The fraction of sp³-hybridized carbons (Fsp3) is 0.208. The number of benzene rings is 2. The fourth-order valence-corrected chi connectivity index (χ4v) is 5.18. The molecule has 0 saturated heterocycles. The molecule has 0 spiro atoms. The van der Waals surface area contributed by atoms with Crippen molar-refractivity contribution in [3.8, 4) is 0 Å². The molecule has 1 aliphatic rings. The summed E-state index contributed by atoms with van der Waals surface area (Å²) in [5, 5.41) is 3.25. The van der Waals surface area contributed by atoms with Crippen LogP contribution in [0.2, 0.25) is 0 Å². The van der Waals surface area contributed by atoms with E-state index in [1.54, 1.807) is 11.3 Å². The SMILES string of the molecule is C[C@H](c1ccccc1)n1c(C(=O)N2CCc3ccccc3C2)cc2ccsc21. The Hall–Kier alpha value is -2.85. The predicted octanol–water partition coefficient (Wildman–Crippen LogP) is 5.51. The quantitative estimate of drug-likeness (QED) is 0.456. The van der Waals surface area contributed by atoms with Gasteiger partial charge in [-0.25, -0.2) is 0 Å². The van der Waals surface area contributed by atoms with Gasteiger partial charge in [0.2, 0.25) is 0 Å². The van der Waals surface area contributed by atoms with E-state index < -0.39 is 0 Å². The van der Waals surface area contributed by atoms with Gasteiger partial charge in [-0.15, -0.1) is 11.3 Å². The first-order valence-electron chi connectivity index (χ1n) is 9.72. The Morgan fingerprint density at radius 1 is 1.00 bits per heavy atom. The number of aromatic nitrogens is 1. The number of thiophene rings is 1. The summed E-state index contributed by atoms with van der Waals surface area (Å²) in [6.07, 6.45) is 0.922. The van der Waals surface area contributed by atoms with E-state index in [-0.39, 0.29) is 11.9 Å². The molecular formula is C24H22N2OS. The van der Waals surface area contributed by atoms with Gasteiger partial charge in [-0.2, -0.15) is 0 Å². The van der Waals surface area contributed by atoms with Gasteiger partial charge in [0.25, 0.3) is 5.91 Å². The normalized spacial score (nSPS) is 14.8. The molecule has 1 atom stereocenters. The van der Waals surface area contributed by atoms with E-state index >= 15 is 0 Å². The van der Waals surface area contributed by atoms with Gasteiger partial charge >= 0.3 is 0 Å². The van der Waals surface area contributed by atoms with Crippen LogP contribution in [0.15, 0.2) is 72.1 Å². The van der Waals surface area contributed by atoms with Crippen LogP contribution in [0.4, 0.5) is 0 Å². The average molecular weight is 387 g/mol. The second-order valence-corrected chi connectivity index (χ2v) is 8.31. The van der Waals surface area contributed by atoms with Gasteiger partial charge in [-0.3, -0.25) is 4.79 Å². The number of carbonyl (C=O) groups is 1. The van der Waals surface area contributed by atoms with Crippen molar-refractivity contribution in [2.45, 2.75) is 25.9 Å². The number of carbonyl (C=O) groups excluding carboxylic acids is 1. The molecule has 1 amide bonds. The first-order valence-corrected chi connectivity index (χ1v) is 10.6. The lowest BCUT2D eigenvalue weighted by Gasteiger charge is -2.30. The monoisotopic (exact) mass is 386 g/mol. The maximum Gasteiger partial charge on any atom is 0.270 e. The molecule has 2 aromatic carbocycles. The Labute approximate surface area is 168 Å². The molecule has 0 bridgehead atoms. The maximum absolute atomic E-state index is 13.5. The number of hydrogen-bond donors (Lipinski definition) is 0. The van der Waals surface area contributed by atoms with Crippen molar-refractivity contribution in [3.05, 3.63) is 94.5 Å². The lowest BCUT2D eigenvalue weighted by molar-refractivity contribution is 0.0723. The molecule has 3 nitrogen and oxygen atoms in total. The van der Waals surface area contributed by atoms with Crippen LogP contribution < -0.4 is 0 Å². The summed E-state index contributed by atoms with van der Waals surface area (Å²) in [6, 6.07) is 23.1. The van der Waals surface area contributed by atoms with E-state index in [1.807, 2.05) is 11.0 Å². The second kappa shape index (κ2) is 6.95. The topological polar surface area (TPSA) is 25.2 Å². The summed E-state index contributed by atoms with van der Waals surface area (Å²) in [5.41, 5.74) is 4.63. The van der Waals surface area contributed by atoms with Crippen LogP contribution in [0.1, 0.15) is 40.1 Å². The average Bonchev–Trinajstić information content (AvgIpc) is 3.34. The van der Waals surface area contributed by atoms with E-state index in [1.165, 1.54) is 16.7 Å². The van der Waals surface area contributed by atoms with Crippen molar-refractivity contribution in [2.24, 2.45) is 0 Å². The van der Waals surface area contributed by atoms with E-state index in [2.05, 4.69) is 77.5 Å². The zero-order chi connectivity index (χ0) is 19.1. The molecule has 0 N–H and O–H groups in total. The Morgan fingerprint density at radius 2 is 1.75 bits per heavy atom. The third kappa shape index (κ3) is 2.85. The molecule has 0 unspecified atom stereocenters. The van der Waals surface area contributed by atoms with Crippen LogP contribution >= 0.6 is 11.3 Å². The van der Waals surface area contributed by atoms with Gasteiger partial charge in [0.05, 0.1) is 6.04 Å². The van der Waals surface area contributed by atoms with Gasteiger partial charge in [0.15, 0.2) is 0 Å². The smallest absolute Gasteiger partial charge is 0.270 e. The van der Waals surface area contributed by atoms with E-state index in [4.69, 9.17) is 0 Å². The molecule has 28 heavy (non-hydrogen) atoms. The van der Waals surface area contributed by atoms with Crippen molar-refractivity contribution in [3.63, 3.8) is 0 Å². The Balaban J connectivity index is 1.54. The van der Waals surface area contributed by atoms with Crippen molar-refractivity contribution < 1.29 is 4.79 Å². The summed E-state index contributed by atoms with van der Waals surface area (Å²) in [6.45, 7) is 3.64. The molecule has 0 aliphatic carbocycles.